The summed E-state index contributed by atoms with van der Waals surface area (Å²) in [6, 6.07) is 12.5. The highest BCUT2D eigenvalue weighted by Gasteiger charge is 2.35. The monoisotopic (exact) mass is 437 g/mol. The van der Waals surface area contributed by atoms with Gasteiger partial charge < -0.3 is 23.6 Å². The van der Waals surface area contributed by atoms with E-state index < -0.39 is 0 Å². The molecule has 168 valence electrons. The van der Waals surface area contributed by atoms with Crippen molar-refractivity contribution in [2.24, 2.45) is 0 Å². The molecular formula is C24H27N3O5. The van der Waals surface area contributed by atoms with Crippen LogP contribution in [0, 0.1) is 0 Å². The fourth-order valence-corrected chi connectivity index (χ4v) is 3.84. The Kier molecular flexibility index (Phi) is 6.58. The van der Waals surface area contributed by atoms with Gasteiger partial charge in [-0.1, -0.05) is 5.16 Å². The third kappa shape index (κ3) is 4.39. The maximum atomic E-state index is 13.3. The second-order valence-corrected chi connectivity index (χ2v) is 7.37. The van der Waals surface area contributed by atoms with Crippen molar-refractivity contribution in [1.29, 1.82) is 0 Å². The number of carbonyl (C=O) groups excluding carboxylic acids is 1. The first-order chi connectivity index (χ1) is 15.6. The SMILES string of the molecule is CCOc1ccc(C(=O)N2CCC[C@H]2c2nc(-c3ccc(OC)cc3)no2)cc1OCC. The molecule has 0 radical (unpaired) electrons. The Labute approximate surface area is 187 Å². The highest BCUT2D eigenvalue weighted by Crippen LogP contribution is 2.35. The predicted molar refractivity (Wildman–Crippen MR) is 118 cm³/mol. The van der Waals surface area contributed by atoms with Crippen LogP contribution in [0.1, 0.15) is 49.0 Å². The van der Waals surface area contributed by atoms with Gasteiger partial charge >= 0.3 is 0 Å². The van der Waals surface area contributed by atoms with E-state index in [-0.39, 0.29) is 11.9 Å². The molecule has 1 fully saturated rings. The molecule has 0 spiro atoms. The van der Waals surface area contributed by atoms with E-state index in [4.69, 9.17) is 18.7 Å². The lowest BCUT2D eigenvalue weighted by Gasteiger charge is -2.22. The van der Waals surface area contributed by atoms with E-state index in [1.54, 1.807) is 30.2 Å². The van der Waals surface area contributed by atoms with Crippen molar-refractivity contribution in [1.82, 2.24) is 15.0 Å². The maximum Gasteiger partial charge on any atom is 0.254 e. The number of ether oxygens (including phenoxy) is 3. The molecule has 3 aromatic rings. The van der Waals surface area contributed by atoms with Crippen LogP contribution in [0.25, 0.3) is 11.4 Å². The Morgan fingerprint density at radius 2 is 1.84 bits per heavy atom. The van der Waals surface area contributed by atoms with Crippen LogP contribution in [0.5, 0.6) is 17.2 Å². The quantitative estimate of drug-likeness (QED) is 0.512. The highest BCUT2D eigenvalue weighted by molar-refractivity contribution is 5.95. The summed E-state index contributed by atoms with van der Waals surface area (Å²) in [4.78, 5) is 19.7. The Bertz CT molecular complexity index is 1060. The van der Waals surface area contributed by atoms with E-state index in [1.165, 1.54) is 0 Å². The standard InChI is InChI=1S/C24H27N3O5/c1-4-30-20-13-10-17(15-21(20)31-5-2)24(28)27-14-6-7-19(27)23-25-22(26-32-23)16-8-11-18(29-3)12-9-16/h8-13,15,19H,4-7,14H2,1-3H3/t19-/m0/s1. The first-order valence-corrected chi connectivity index (χ1v) is 10.8. The number of amides is 1. The van der Waals surface area contributed by atoms with Crippen LogP contribution in [0.4, 0.5) is 0 Å². The minimum atomic E-state index is -0.260. The third-order valence-electron chi connectivity index (χ3n) is 5.38. The minimum absolute atomic E-state index is 0.0966. The van der Waals surface area contributed by atoms with Crippen molar-refractivity contribution in [3.63, 3.8) is 0 Å². The molecule has 0 saturated carbocycles. The van der Waals surface area contributed by atoms with Gasteiger partial charge in [0.05, 0.1) is 20.3 Å². The van der Waals surface area contributed by atoms with E-state index in [9.17, 15) is 4.79 Å². The largest absolute Gasteiger partial charge is 0.497 e. The minimum Gasteiger partial charge on any atom is -0.497 e. The molecule has 2 heterocycles. The van der Waals surface area contributed by atoms with Crippen molar-refractivity contribution in [3.05, 3.63) is 53.9 Å². The van der Waals surface area contributed by atoms with Crippen molar-refractivity contribution in [2.75, 3.05) is 26.9 Å². The number of likely N-dealkylation sites (tertiary alicyclic amines) is 1. The Balaban J connectivity index is 1.55. The molecule has 1 atom stereocenters. The fourth-order valence-electron chi connectivity index (χ4n) is 3.84. The van der Waals surface area contributed by atoms with Gasteiger partial charge in [0.2, 0.25) is 11.7 Å². The summed E-state index contributed by atoms with van der Waals surface area (Å²) in [5, 5.41) is 4.12. The second-order valence-electron chi connectivity index (χ2n) is 7.37. The van der Waals surface area contributed by atoms with Gasteiger partial charge in [-0.3, -0.25) is 4.79 Å². The van der Waals surface area contributed by atoms with E-state index in [2.05, 4.69) is 10.1 Å². The lowest BCUT2D eigenvalue weighted by Crippen LogP contribution is -2.30. The van der Waals surface area contributed by atoms with Gasteiger partial charge in [0, 0.05) is 17.7 Å². The average molecular weight is 437 g/mol. The summed E-state index contributed by atoms with van der Waals surface area (Å²) >= 11 is 0. The molecule has 0 aliphatic carbocycles. The van der Waals surface area contributed by atoms with Crippen LogP contribution in [-0.4, -0.2) is 47.8 Å². The number of hydrogen-bond acceptors (Lipinski definition) is 7. The van der Waals surface area contributed by atoms with E-state index in [1.807, 2.05) is 38.1 Å². The topological polar surface area (TPSA) is 86.9 Å². The zero-order valence-electron chi connectivity index (χ0n) is 18.5. The number of nitrogens with zero attached hydrogens (tertiary/aromatic N) is 3. The number of benzene rings is 2. The molecule has 1 aliphatic heterocycles. The number of methoxy groups -OCH3 is 1. The summed E-state index contributed by atoms with van der Waals surface area (Å²) in [6.07, 6.45) is 1.64. The number of hydrogen-bond donors (Lipinski definition) is 0. The van der Waals surface area contributed by atoms with Gasteiger partial charge in [-0.25, -0.2) is 0 Å². The Morgan fingerprint density at radius 3 is 2.56 bits per heavy atom. The van der Waals surface area contributed by atoms with Crippen LogP contribution in [0.15, 0.2) is 47.0 Å². The molecule has 2 aromatic carbocycles. The van der Waals surface area contributed by atoms with Crippen LogP contribution in [0.3, 0.4) is 0 Å². The predicted octanol–water partition coefficient (Wildman–Crippen LogP) is 4.52. The number of carbonyl (C=O) groups is 1. The van der Waals surface area contributed by atoms with E-state index in [0.717, 1.165) is 24.2 Å². The maximum absolute atomic E-state index is 13.3. The molecule has 4 rings (SSSR count). The summed E-state index contributed by atoms with van der Waals surface area (Å²) in [5.74, 6) is 2.78. The molecule has 1 aliphatic rings. The summed E-state index contributed by atoms with van der Waals surface area (Å²) in [6.45, 7) is 5.45. The van der Waals surface area contributed by atoms with Gasteiger partial charge in [-0.15, -0.1) is 0 Å². The van der Waals surface area contributed by atoms with E-state index >= 15 is 0 Å². The molecule has 0 bridgehead atoms. The first kappa shape index (κ1) is 21.7. The van der Waals surface area contributed by atoms with Crippen LogP contribution in [0.2, 0.25) is 0 Å². The van der Waals surface area contributed by atoms with Crippen LogP contribution < -0.4 is 14.2 Å². The van der Waals surface area contributed by atoms with Gasteiger partial charge in [-0.2, -0.15) is 4.98 Å². The van der Waals surface area contributed by atoms with Gasteiger partial charge in [0.25, 0.3) is 5.91 Å². The van der Waals surface area contributed by atoms with Gasteiger partial charge in [-0.05, 0) is 69.2 Å². The summed E-state index contributed by atoms with van der Waals surface area (Å²) in [7, 11) is 1.62. The molecule has 1 amide bonds. The van der Waals surface area contributed by atoms with Crippen molar-refractivity contribution < 1.29 is 23.5 Å². The smallest absolute Gasteiger partial charge is 0.254 e. The first-order valence-electron chi connectivity index (χ1n) is 10.8. The second kappa shape index (κ2) is 9.72. The van der Waals surface area contributed by atoms with Crippen molar-refractivity contribution >= 4 is 5.91 Å². The molecule has 1 aromatic heterocycles. The lowest BCUT2D eigenvalue weighted by atomic mass is 10.1. The molecule has 8 heteroatoms. The normalized spacial score (nSPS) is 15.6. The fraction of sp³-hybridized carbons (Fsp3) is 0.375. The van der Waals surface area contributed by atoms with Gasteiger partial charge in [0.15, 0.2) is 11.5 Å². The summed E-state index contributed by atoms with van der Waals surface area (Å²) < 4.78 is 22.0. The van der Waals surface area contributed by atoms with Crippen LogP contribution >= 0.6 is 0 Å². The zero-order valence-corrected chi connectivity index (χ0v) is 18.5. The highest BCUT2D eigenvalue weighted by atomic mass is 16.5. The summed E-state index contributed by atoms with van der Waals surface area (Å²) in [5.41, 5.74) is 1.36. The number of aromatic nitrogens is 2. The molecular weight excluding hydrogens is 410 g/mol. The third-order valence-corrected chi connectivity index (χ3v) is 5.38. The molecule has 32 heavy (non-hydrogen) atoms. The van der Waals surface area contributed by atoms with Gasteiger partial charge in [0.1, 0.15) is 11.8 Å². The average Bonchev–Trinajstić information content (AvgIpc) is 3.50. The lowest BCUT2D eigenvalue weighted by molar-refractivity contribution is 0.0709. The van der Waals surface area contributed by atoms with Crippen molar-refractivity contribution in [2.45, 2.75) is 32.7 Å². The molecule has 0 N–H and O–H groups in total. The Morgan fingerprint density at radius 1 is 1.09 bits per heavy atom. The molecule has 1 saturated heterocycles. The molecule has 8 nitrogen and oxygen atoms in total. The van der Waals surface area contributed by atoms with E-state index in [0.29, 0.717) is 48.5 Å². The Hall–Kier alpha value is -3.55. The molecule has 0 unspecified atom stereocenters. The number of rotatable bonds is 8. The van der Waals surface area contributed by atoms with Crippen molar-refractivity contribution in [3.8, 4) is 28.6 Å². The zero-order chi connectivity index (χ0) is 22.5. The van der Waals surface area contributed by atoms with Crippen LogP contribution in [-0.2, 0) is 0 Å².